The number of carbonyl (C=O) groups is 2. The third-order valence-corrected chi connectivity index (χ3v) is 7.37. The molecule has 0 unspecified atom stereocenters. The molecular weight excluding hydrogens is 444 g/mol. The van der Waals surface area contributed by atoms with Crippen LogP contribution in [0.3, 0.4) is 0 Å². The number of sulfonamides is 1. The van der Waals surface area contributed by atoms with Gasteiger partial charge in [-0.1, -0.05) is 6.07 Å². The summed E-state index contributed by atoms with van der Waals surface area (Å²) in [6, 6.07) is 9.56. The molecule has 0 bridgehead atoms. The third-order valence-electron chi connectivity index (χ3n) is 4.22. The van der Waals surface area contributed by atoms with Crippen molar-refractivity contribution in [2.45, 2.75) is 11.1 Å². The molecule has 0 N–H and O–H groups in total. The summed E-state index contributed by atoms with van der Waals surface area (Å²) in [5, 5.41) is 1.70. The summed E-state index contributed by atoms with van der Waals surface area (Å²) in [6.45, 7) is 1.93. The number of benzene rings is 1. The Labute approximate surface area is 186 Å². The second-order valence-corrected chi connectivity index (χ2v) is 9.44. The van der Waals surface area contributed by atoms with Crippen molar-refractivity contribution in [2.24, 2.45) is 0 Å². The van der Waals surface area contributed by atoms with Gasteiger partial charge in [-0.15, -0.1) is 11.3 Å². The fourth-order valence-electron chi connectivity index (χ4n) is 2.53. The highest BCUT2D eigenvalue weighted by molar-refractivity contribution is 7.94. The molecule has 0 spiro atoms. The second-order valence-electron chi connectivity index (χ2n) is 6.30. The summed E-state index contributed by atoms with van der Waals surface area (Å²) in [4.78, 5) is 25.5. The van der Waals surface area contributed by atoms with Crippen molar-refractivity contribution in [1.29, 1.82) is 0 Å². The molecule has 1 heterocycles. The molecular formula is C20H26N2O7S2. The zero-order valence-electron chi connectivity index (χ0n) is 17.6. The van der Waals surface area contributed by atoms with Gasteiger partial charge in [-0.05, 0) is 42.6 Å². The van der Waals surface area contributed by atoms with Gasteiger partial charge < -0.3 is 19.1 Å². The van der Waals surface area contributed by atoms with Crippen molar-refractivity contribution in [3.8, 4) is 5.75 Å². The number of methoxy groups -OCH3 is 1. The molecule has 0 saturated heterocycles. The van der Waals surface area contributed by atoms with Gasteiger partial charge in [0.2, 0.25) is 0 Å². The van der Waals surface area contributed by atoms with E-state index in [-0.39, 0.29) is 37.1 Å². The first-order valence-corrected chi connectivity index (χ1v) is 11.8. The van der Waals surface area contributed by atoms with Crippen LogP contribution in [0.4, 0.5) is 5.69 Å². The molecule has 0 aliphatic carbocycles. The van der Waals surface area contributed by atoms with Gasteiger partial charge in [-0.3, -0.25) is 13.9 Å². The van der Waals surface area contributed by atoms with Gasteiger partial charge in [0, 0.05) is 20.7 Å². The molecule has 1 aromatic heterocycles. The first kappa shape index (κ1) is 24.6. The van der Waals surface area contributed by atoms with Crippen LogP contribution in [0.2, 0.25) is 0 Å². The van der Waals surface area contributed by atoms with Gasteiger partial charge in [-0.2, -0.15) is 0 Å². The minimum Gasteiger partial charge on any atom is -0.484 e. The van der Waals surface area contributed by atoms with E-state index in [2.05, 4.69) is 0 Å². The molecule has 31 heavy (non-hydrogen) atoms. The standard InChI is InChI=1S/C20H26N2O7S2/c1-4-28-19(24)14-22(11-12-27-3)18(23)15-29-17-9-7-16(8-10-17)21(2)31(25,26)20-6-5-13-30-20/h5-10,13H,4,11-12,14-15H2,1-3H3. The zero-order valence-corrected chi connectivity index (χ0v) is 19.3. The Morgan fingerprint density at radius 3 is 2.42 bits per heavy atom. The summed E-state index contributed by atoms with van der Waals surface area (Å²) in [6.07, 6.45) is 0. The quantitative estimate of drug-likeness (QED) is 0.437. The summed E-state index contributed by atoms with van der Waals surface area (Å²) >= 11 is 1.14. The number of ether oxygens (including phenoxy) is 3. The molecule has 1 aromatic carbocycles. The molecule has 0 aliphatic rings. The highest BCUT2D eigenvalue weighted by atomic mass is 32.2. The lowest BCUT2D eigenvalue weighted by molar-refractivity contribution is -0.149. The van der Waals surface area contributed by atoms with E-state index in [9.17, 15) is 18.0 Å². The highest BCUT2D eigenvalue weighted by Gasteiger charge is 2.22. The van der Waals surface area contributed by atoms with Crippen LogP contribution >= 0.6 is 11.3 Å². The Morgan fingerprint density at radius 2 is 1.84 bits per heavy atom. The number of hydrogen-bond donors (Lipinski definition) is 0. The minimum atomic E-state index is -3.63. The third kappa shape index (κ3) is 6.94. The molecule has 0 atom stereocenters. The number of anilines is 1. The number of nitrogens with zero attached hydrogens (tertiary/aromatic N) is 2. The van der Waals surface area contributed by atoms with E-state index in [4.69, 9.17) is 14.2 Å². The SMILES string of the molecule is CCOC(=O)CN(CCOC)C(=O)COc1ccc(N(C)S(=O)(=O)c2cccs2)cc1. The molecule has 0 aliphatic heterocycles. The van der Waals surface area contributed by atoms with E-state index < -0.39 is 21.9 Å². The molecule has 2 rings (SSSR count). The van der Waals surface area contributed by atoms with Crippen LogP contribution < -0.4 is 9.04 Å². The van der Waals surface area contributed by atoms with E-state index >= 15 is 0 Å². The smallest absolute Gasteiger partial charge is 0.325 e. The van der Waals surface area contributed by atoms with E-state index in [0.717, 1.165) is 11.3 Å². The average molecular weight is 471 g/mol. The highest BCUT2D eigenvalue weighted by Crippen LogP contribution is 2.26. The van der Waals surface area contributed by atoms with Crippen molar-refractivity contribution in [1.82, 2.24) is 4.90 Å². The predicted octanol–water partition coefficient (Wildman–Crippen LogP) is 1.99. The summed E-state index contributed by atoms with van der Waals surface area (Å²) in [5.74, 6) is -0.514. The van der Waals surface area contributed by atoms with E-state index in [0.29, 0.717) is 11.4 Å². The largest absolute Gasteiger partial charge is 0.484 e. The number of rotatable bonds is 12. The van der Waals surface area contributed by atoms with Crippen LogP contribution in [-0.4, -0.2) is 72.3 Å². The Bertz CT molecular complexity index is 944. The monoisotopic (exact) mass is 470 g/mol. The Hall–Kier alpha value is -2.63. The maximum absolute atomic E-state index is 12.6. The predicted molar refractivity (Wildman–Crippen MR) is 117 cm³/mol. The van der Waals surface area contributed by atoms with Gasteiger partial charge in [0.1, 0.15) is 16.5 Å². The minimum absolute atomic E-state index is 0.191. The number of carbonyl (C=O) groups excluding carboxylic acids is 2. The van der Waals surface area contributed by atoms with Crippen molar-refractivity contribution < 1.29 is 32.2 Å². The first-order valence-electron chi connectivity index (χ1n) is 9.47. The van der Waals surface area contributed by atoms with Gasteiger partial charge in [0.05, 0.1) is 18.9 Å². The van der Waals surface area contributed by atoms with Crippen LogP contribution in [0.25, 0.3) is 0 Å². The maximum atomic E-state index is 12.6. The second kappa shape index (κ2) is 11.7. The maximum Gasteiger partial charge on any atom is 0.325 e. The number of hydrogen-bond acceptors (Lipinski definition) is 8. The van der Waals surface area contributed by atoms with Gasteiger partial charge >= 0.3 is 5.97 Å². The molecule has 9 nitrogen and oxygen atoms in total. The molecule has 170 valence electrons. The first-order chi connectivity index (χ1) is 14.8. The van der Waals surface area contributed by atoms with Crippen LogP contribution in [0.15, 0.2) is 46.0 Å². The van der Waals surface area contributed by atoms with Crippen molar-refractivity contribution >= 4 is 38.9 Å². The van der Waals surface area contributed by atoms with Crippen molar-refractivity contribution in [3.05, 3.63) is 41.8 Å². The molecule has 1 amide bonds. The zero-order chi connectivity index (χ0) is 22.9. The van der Waals surface area contributed by atoms with Gasteiger partial charge in [-0.25, -0.2) is 8.42 Å². The number of thiophene rings is 1. The average Bonchev–Trinajstić information content (AvgIpc) is 3.31. The number of amides is 1. The Morgan fingerprint density at radius 1 is 1.13 bits per heavy atom. The van der Waals surface area contributed by atoms with Gasteiger partial charge in [0.25, 0.3) is 15.9 Å². The summed E-state index contributed by atoms with van der Waals surface area (Å²) < 4.78 is 42.0. The van der Waals surface area contributed by atoms with Crippen LogP contribution in [0.5, 0.6) is 5.75 Å². The van der Waals surface area contributed by atoms with Crippen molar-refractivity contribution in [3.63, 3.8) is 0 Å². The molecule has 0 saturated carbocycles. The fraction of sp³-hybridized carbons (Fsp3) is 0.400. The fourth-order valence-corrected chi connectivity index (χ4v) is 4.89. The molecule has 0 radical (unpaired) electrons. The molecule has 0 fully saturated rings. The lowest BCUT2D eigenvalue weighted by Crippen LogP contribution is -2.41. The van der Waals surface area contributed by atoms with E-state index in [1.165, 1.54) is 23.4 Å². The van der Waals surface area contributed by atoms with E-state index in [1.807, 2.05) is 0 Å². The summed E-state index contributed by atoms with van der Waals surface area (Å²) in [7, 11) is -0.659. The number of esters is 1. The van der Waals surface area contributed by atoms with E-state index in [1.54, 1.807) is 48.7 Å². The van der Waals surface area contributed by atoms with Gasteiger partial charge in [0.15, 0.2) is 6.61 Å². The van der Waals surface area contributed by atoms with Crippen molar-refractivity contribution in [2.75, 3.05) is 51.4 Å². The van der Waals surface area contributed by atoms with Crippen LogP contribution in [0.1, 0.15) is 6.92 Å². The normalized spacial score (nSPS) is 11.1. The summed E-state index contributed by atoms with van der Waals surface area (Å²) in [5.41, 5.74) is 0.455. The Kier molecular flexibility index (Phi) is 9.28. The lowest BCUT2D eigenvalue weighted by atomic mass is 10.3. The van der Waals surface area contributed by atoms with Crippen LogP contribution in [-0.2, 0) is 29.1 Å². The topological polar surface area (TPSA) is 102 Å². The lowest BCUT2D eigenvalue weighted by Gasteiger charge is -2.21. The molecule has 2 aromatic rings. The Balaban J connectivity index is 1.98. The van der Waals surface area contributed by atoms with Crippen LogP contribution in [0, 0.1) is 0 Å². The molecule has 11 heteroatoms.